The second-order valence-electron chi connectivity index (χ2n) is 5.02. The number of benzene rings is 1. The first-order valence-electron chi connectivity index (χ1n) is 6.46. The van der Waals surface area contributed by atoms with E-state index in [0.29, 0.717) is 18.6 Å². The summed E-state index contributed by atoms with van der Waals surface area (Å²) in [4.78, 5) is 10.9. The molecular formula is C13H16ClNO5S. The number of rotatable bonds is 7. The Morgan fingerprint density at radius 1 is 1.52 bits per heavy atom. The molecule has 0 bridgehead atoms. The minimum Gasteiger partial charge on any atom is -0.492 e. The summed E-state index contributed by atoms with van der Waals surface area (Å²) in [6, 6.07) is 3.88. The van der Waals surface area contributed by atoms with Gasteiger partial charge in [0, 0.05) is 0 Å². The maximum Gasteiger partial charge on any atom is 0.337 e. The molecule has 1 aromatic carbocycles. The van der Waals surface area contributed by atoms with Crippen LogP contribution in [0.1, 0.15) is 30.1 Å². The largest absolute Gasteiger partial charge is 0.492 e. The predicted octanol–water partition coefficient (Wildman–Crippen LogP) is 1.89. The highest BCUT2D eigenvalue weighted by Crippen LogP contribution is 2.27. The van der Waals surface area contributed by atoms with Gasteiger partial charge in [-0.15, -0.1) is 0 Å². The van der Waals surface area contributed by atoms with Gasteiger partial charge in [-0.2, -0.15) is 0 Å². The van der Waals surface area contributed by atoms with E-state index in [1.165, 1.54) is 18.2 Å². The van der Waals surface area contributed by atoms with E-state index in [4.69, 9.17) is 21.4 Å². The van der Waals surface area contributed by atoms with Crippen LogP contribution in [0.2, 0.25) is 5.02 Å². The smallest absolute Gasteiger partial charge is 0.337 e. The quantitative estimate of drug-likeness (QED) is 0.794. The molecule has 0 radical (unpaired) electrons. The van der Waals surface area contributed by atoms with Crippen molar-refractivity contribution in [2.75, 3.05) is 6.61 Å². The third-order valence-electron chi connectivity index (χ3n) is 3.00. The third-order valence-corrected chi connectivity index (χ3v) is 5.41. The molecule has 1 fully saturated rings. The topological polar surface area (TPSA) is 92.7 Å². The van der Waals surface area contributed by atoms with Gasteiger partial charge in [0.25, 0.3) is 0 Å². The van der Waals surface area contributed by atoms with Crippen LogP contribution in [-0.2, 0) is 10.0 Å². The van der Waals surface area contributed by atoms with Crippen molar-refractivity contribution >= 4 is 27.6 Å². The highest BCUT2D eigenvalue weighted by molar-refractivity contribution is 7.90. The molecule has 0 spiro atoms. The minimum absolute atomic E-state index is 0.0552. The summed E-state index contributed by atoms with van der Waals surface area (Å²) in [5, 5.41) is 8.80. The first kappa shape index (κ1) is 16.1. The summed E-state index contributed by atoms with van der Waals surface area (Å²) >= 11 is 5.75. The van der Waals surface area contributed by atoms with E-state index in [-0.39, 0.29) is 22.4 Å². The highest BCUT2D eigenvalue weighted by Gasteiger charge is 2.36. The molecule has 21 heavy (non-hydrogen) atoms. The fourth-order valence-corrected chi connectivity index (χ4v) is 3.54. The normalized spacial score (nSPS) is 16.5. The van der Waals surface area contributed by atoms with Crippen LogP contribution < -0.4 is 9.46 Å². The van der Waals surface area contributed by atoms with Gasteiger partial charge in [-0.05, 0) is 38.0 Å². The van der Waals surface area contributed by atoms with Crippen molar-refractivity contribution in [3.8, 4) is 5.75 Å². The van der Waals surface area contributed by atoms with Crippen LogP contribution in [0.4, 0.5) is 0 Å². The van der Waals surface area contributed by atoms with Crippen LogP contribution >= 0.6 is 11.6 Å². The molecule has 1 aliphatic carbocycles. The van der Waals surface area contributed by atoms with Gasteiger partial charge in [0.2, 0.25) is 10.0 Å². The van der Waals surface area contributed by atoms with E-state index in [0.717, 1.165) is 0 Å². The first-order chi connectivity index (χ1) is 9.79. The zero-order valence-electron chi connectivity index (χ0n) is 11.4. The van der Waals surface area contributed by atoms with Crippen LogP contribution in [0.3, 0.4) is 0 Å². The van der Waals surface area contributed by atoms with Gasteiger partial charge in [-0.25, -0.2) is 17.9 Å². The Balaban J connectivity index is 1.93. The Kier molecular flexibility index (Phi) is 4.75. The lowest BCUT2D eigenvalue weighted by molar-refractivity contribution is 0.0696. The Labute approximate surface area is 128 Å². The molecule has 0 aromatic heterocycles. The molecule has 8 heteroatoms. The third kappa shape index (κ3) is 4.33. The first-order valence-corrected chi connectivity index (χ1v) is 8.39. The van der Waals surface area contributed by atoms with E-state index < -0.39 is 22.0 Å². The number of carboxylic acids is 1. The van der Waals surface area contributed by atoms with Crippen molar-refractivity contribution in [3.63, 3.8) is 0 Å². The molecule has 0 amide bonds. The number of hydrogen-bond donors (Lipinski definition) is 2. The summed E-state index contributed by atoms with van der Waals surface area (Å²) in [5.74, 6) is -0.817. The molecule has 1 atom stereocenters. The molecule has 1 unspecified atom stereocenters. The fraction of sp³-hybridized carbons (Fsp3) is 0.462. The van der Waals surface area contributed by atoms with Gasteiger partial charge in [0.1, 0.15) is 12.4 Å². The summed E-state index contributed by atoms with van der Waals surface area (Å²) in [5.41, 5.74) is -0.0552. The highest BCUT2D eigenvalue weighted by atomic mass is 35.5. The molecule has 1 aliphatic rings. The maximum atomic E-state index is 11.7. The standard InChI is InChI=1S/C13H16ClNO5S/c1-8(15-21(18,19)10-3-4-10)7-20-9-2-5-12(14)11(6-9)13(16)17/h2,5-6,8,10,15H,3-4,7H2,1H3,(H,16,17). The van der Waals surface area contributed by atoms with E-state index in [2.05, 4.69) is 4.72 Å². The Hall–Kier alpha value is -1.31. The molecular weight excluding hydrogens is 318 g/mol. The van der Waals surface area contributed by atoms with Crippen LogP contribution in [-0.4, -0.2) is 37.4 Å². The summed E-state index contributed by atoms with van der Waals surface area (Å²) < 4.78 is 31.4. The minimum atomic E-state index is -3.26. The van der Waals surface area contributed by atoms with E-state index >= 15 is 0 Å². The van der Waals surface area contributed by atoms with Crippen LogP contribution in [0.15, 0.2) is 18.2 Å². The fourth-order valence-electron chi connectivity index (χ4n) is 1.77. The van der Waals surface area contributed by atoms with Gasteiger partial charge in [0.05, 0.1) is 21.9 Å². The van der Waals surface area contributed by atoms with Gasteiger partial charge in [-0.3, -0.25) is 0 Å². The molecule has 0 heterocycles. The SMILES string of the molecule is CC(COc1ccc(Cl)c(C(=O)O)c1)NS(=O)(=O)C1CC1. The van der Waals surface area contributed by atoms with Crippen molar-refractivity contribution in [3.05, 3.63) is 28.8 Å². The number of carboxylic acid groups (broad SMARTS) is 1. The number of halogens is 1. The van der Waals surface area contributed by atoms with E-state index in [1.807, 2.05) is 0 Å². The lowest BCUT2D eigenvalue weighted by Gasteiger charge is -2.15. The van der Waals surface area contributed by atoms with Crippen LogP contribution in [0, 0.1) is 0 Å². The monoisotopic (exact) mass is 333 g/mol. The average molecular weight is 334 g/mol. The Morgan fingerprint density at radius 3 is 2.76 bits per heavy atom. The second-order valence-corrected chi connectivity index (χ2v) is 7.42. The Morgan fingerprint density at radius 2 is 2.19 bits per heavy atom. The number of nitrogens with one attached hydrogen (secondary N) is 1. The molecule has 116 valence electrons. The lowest BCUT2D eigenvalue weighted by Crippen LogP contribution is -2.38. The van der Waals surface area contributed by atoms with Gasteiger partial charge in [0.15, 0.2) is 0 Å². The molecule has 6 nitrogen and oxygen atoms in total. The van der Waals surface area contributed by atoms with Crippen molar-refractivity contribution in [2.24, 2.45) is 0 Å². The van der Waals surface area contributed by atoms with Gasteiger partial charge < -0.3 is 9.84 Å². The molecule has 2 N–H and O–H groups in total. The summed E-state index contributed by atoms with van der Waals surface area (Å²) in [6.07, 6.45) is 1.39. The van der Waals surface area contributed by atoms with Gasteiger partial charge in [-0.1, -0.05) is 11.6 Å². The number of ether oxygens (including phenoxy) is 1. The maximum absolute atomic E-state index is 11.7. The molecule has 2 rings (SSSR count). The van der Waals surface area contributed by atoms with Crippen molar-refractivity contribution < 1.29 is 23.1 Å². The molecule has 1 aromatic rings. The van der Waals surface area contributed by atoms with E-state index in [1.54, 1.807) is 6.92 Å². The zero-order valence-corrected chi connectivity index (χ0v) is 12.9. The lowest BCUT2D eigenvalue weighted by atomic mass is 10.2. The van der Waals surface area contributed by atoms with Crippen molar-refractivity contribution in [2.45, 2.75) is 31.1 Å². The summed E-state index contributed by atoms with van der Waals surface area (Å²) in [6.45, 7) is 1.79. The van der Waals surface area contributed by atoms with Crippen LogP contribution in [0.25, 0.3) is 0 Å². The Bertz CT molecular complexity index is 642. The van der Waals surface area contributed by atoms with Gasteiger partial charge >= 0.3 is 5.97 Å². The number of sulfonamides is 1. The zero-order chi connectivity index (χ0) is 15.6. The van der Waals surface area contributed by atoms with Crippen molar-refractivity contribution in [1.82, 2.24) is 4.72 Å². The number of carbonyl (C=O) groups is 1. The summed E-state index contributed by atoms with van der Waals surface area (Å²) in [7, 11) is -3.26. The van der Waals surface area contributed by atoms with Crippen molar-refractivity contribution in [1.29, 1.82) is 0 Å². The molecule has 0 aliphatic heterocycles. The molecule has 0 saturated heterocycles. The average Bonchev–Trinajstić information content (AvgIpc) is 3.21. The van der Waals surface area contributed by atoms with Crippen LogP contribution in [0.5, 0.6) is 5.75 Å². The second kappa shape index (κ2) is 6.21. The number of aromatic carboxylic acids is 1. The molecule has 1 saturated carbocycles. The number of hydrogen-bond acceptors (Lipinski definition) is 4. The van der Waals surface area contributed by atoms with E-state index in [9.17, 15) is 13.2 Å². The predicted molar refractivity (Wildman–Crippen MR) is 78.4 cm³/mol.